The molecule has 1 saturated heterocycles. The third kappa shape index (κ3) is 4.05. The summed E-state index contributed by atoms with van der Waals surface area (Å²) in [7, 11) is 1.63. The summed E-state index contributed by atoms with van der Waals surface area (Å²) in [5.41, 5.74) is 7.68. The van der Waals surface area contributed by atoms with Gasteiger partial charge in [-0.15, -0.1) is 5.92 Å². The Morgan fingerprint density at radius 1 is 1.14 bits per heavy atom. The Balaban J connectivity index is 1.69. The number of rotatable bonds is 5. The third-order valence-electron chi connectivity index (χ3n) is 6.73. The van der Waals surface area contributed by atoms with Gasteiger partial charge in [0.2, 0.25) is 5.95 Å². The summed E-state index contributed by atoms with van der Waals surface area (Å²) in [5.74, 6) is 6.99. The van der Waals surface area contributed by atoms with Gasteiger partial charge in [-0.05, 0) is 32.3 Å². The number of nitrogens with two attached hydrogens (primary N) is 1. The number of hydrogen-bond donors (Lipinski definition) is 1. The molecule has 0 aliphatic carbocycles. The van der Waals surface area contributed by atoms with Gasteiger partial charge < -0.3 is 10.6 Å². The summed E-state index contributed by atoms with van der Waals surface area (Å²) in [6.07, 6.45) is 2.60. The van der Waals surface area contributed by atoms with E-state index in [1.54, 1.807) is 18.5 Å². The molecule has 0 amide bonds. The van der Waals surface area contributed by atoms with Gasteiger partial charge in [0.15, 0.2) is 11.2 Å². The van der Waals surface area contributed by atoms with E-state index in [0.717, 1.165) is 36.0 Å². The van der Waals surface area contributed by atoms with Crippen LogP contribution in [0.5, 0.6) is 0 Å². The van der Waals surface area contributed by atoms with Crippen LogP contribution in [0.2, 0.25) is 0 Å². The van der Waals surface area contributed by atoms with Gasteiger partial charge in [0.25, 0.3) is 5.56 Å². The monoisotopic (exact) mass is 486 g/mol. The number of benzene rings is 1. The zero-order chi connectivity index (χ0) is 25.4. The van der Waals surface area contributed by atoms with Gasteiger partial charge >= 0.3 is 5.69 Å². The van der Waals surface area contributed by atoms with E-state index in [1.165, 1.54) is 9.13 Å². The summed E-state index contributed by atoms with van der Waals surface area (Å²) >= 11 is 0. The van der Waals surface area contributed by atoms with Gasteiger partial charge in [0.05, 0.1) is 24.3 Å². The first kappa shape index (κ1) is 23.8. The molecule has 0 unspecified atom stereocenters. The van der Waals surface area contributed by atoms with Crippen molar-refractivity contribution in [2.45, 2.75) is 52.2 Å². The lowest BCUT2D eigenvalue weighted by molar-refractivity contribution is 0.496. The second kappa shape index (κ2) is 9.59. The number of hydrogen-bond acceptors (Lipinski definition) is 7. The van der Waals surface area contributed by atoms with E-state index >= 15 is 0 Å². The van der Waals surface area contributed by atoms with Gasteiger partial charge in [0, 0.05) is 31.6 Å². The van der Waals surface area contributed by atoms with Crippen LogP contribution in [0.1, 0.15) is 38.2 Å². The number of imidazole rings is 1. The van der Waals surface area contributed by atoms with Crippen molar-refractivity contribution in [1.29, 1.82) is 0 Å². The van der Waals surface area contributed by atoms with Gasteiger partial charge in [-0.25, -0.2) is 14.8 Å². The lowest BCUT2D eigenvalue weighted by atomic mass is 10.1. The highest BCUT2D eigenvalue weighted by Crippen LogP contribution is 2.23. The fourth-order valence-corrected chi connectivity index (χ4v) is 4.92. The molecule has 4 heterocycles. The van der Waals surface area contributed by atoms with Crippen molar-refractivity contribution in [3.8, 4) is 11.8 Å². The Kier molecular flexibility index (Phi) is 6.33. The van der Waals surface area contributed by atoms with E-state index in [-0.39, 0.29) is 19.1 Å². The van der Waals surface area contributed by atoms with Gasteiger partial charge in [-0.3, -0.25) is 18.5 Å². The molecule has 1 aliphatic heterocycles. The first-order chi connectivity index (χ1) is 17.4. The number of aryl methyl sites for hydroxylation is 2. The molecule has 3 aromatic heterocycles. The summed E-state index contributed by atoms with van der Waals surface area (Å²) < 4.78 is 4.41. The minimum atomic E-state index is -0.463. The van der Waals surface area contributed by atoms with Crippen LogP contribution in [-0.4, -0.2) is 47.8 Å². The van der Waals surface area contributed by atoms with Gasteiger partial charge in [-0.1, -0.05) is 31.0 Å². The highest BCUT2D eigenvalue weighted by molar-refractivity contribution is 5.80. The fraction of sp³-hybridized carbons (Fsp3) is 0.423. The first-order valence-electron chi connectivity index (χ1n) is 12.3. The molecule has 36 heavy (non-hydrogen) atoms. The molecule has 0 saturated carbocycles. The largest absolute Gasteiger partial charge is 0.341 e. The molecule has 10 nitrogen and oxygen atoms in total. The third-order valence-corrected chi connectivity index (χ3v) is 6.73. The fourth-order valence-electron chi connectivity index (χ4n) is 4.92. The first-order valence-corrected chi connectivity index (χ1v) is 12.3. The minimum Gasteiger partial charge on any atom is -0.341 e. The van der Waals surface area contributed by atoms with E-state index in [2.05, 4.69) is 26.7 Å². The van der Waals surface area contributed by atoms with E-state index in [1.807, 2.05) is 31.2 Å². The summed E-state index contributed by atoms with van der Waals surface area (Å²) in [6, 6.07) is 7.79. The minimum absolute atomic E-state index is 0.0302. The summed E-state index contributed by atoms with van der Waals surface area (Å²) in [6.45, 7) is 5.45. The summed E-state index contributed by atoms with van der Waals surface area (Å²) in [4.78, 5) is 43.3. The number of aromatic nitrogens is 6. The second-order valence-corrected chi connectivity index (χ2v) is 9.14. The molecule has 1 aliphatic rings. The molecule has 186 valence electrons. The van der Waals surface area contributed by atoms with E-state index < -0.39 is 11.2 Å². The Bertz CT molecular complexity index is 1640. The number of piperidine rings is 1. The predicted octanol–water partition coefficient (Wildman–Crippen LogP) is 1.40. The average molecular weight is 487 g/mol. The quantitative estimate of drug-likeness (QED) is 0.424. The van der Waals surface area contributed by atoms with Crippen LogP contribution in [0.3, 0.4) is 0 Å². The Morgan fingerprint density at radius 3 is 2.69 bits per heavy atom. The molecule has 1 fully saturated rings. The molecule has 1 aromatic carbocycles. The molecule has 2 N–H and O–H groups in total. The normalized spacial score (nSPS) is 15.9. The Hall–Kier alpha value is -3.97. The van der Waals surface area contributed by atoms with Crippen molar-refractivity contribution in [3.05, 3.63) is 56.6 Å². The van der Waals surface area contributed by atoms with Crippen LogP contribution in [0.4, 0.5) is 5.95 Å². The number of fused-ring (bicyclic) bond motifs is 2. The number of para-hydroxylation sites is 1. The molecule has 0 radical (unpaired) electrons. The van der Waals surface area contributed by atoms with Crippen molar-refractivity contribution in [1.82, 2.24) is 28.7 Å². The van der Waals surface area contributed by atoms with Crippen molar-refractivity contribution in [2.75, 3.05) is 18.0 Å². The standard InChI is InChI=1S/C26H30N8O2/c1-4-6-14-33-22-23(30-25(33)32-13-9-10-17(27)15-32)31(3)26(36)34(24(22)35)16-21-28-19(5-2)18-11-7-8-12-20(18)29-21/h7-8,11-12,17H,5,9-10,13-16,27H2,1-3H3/t17-/m1/s1. The zero-order valence-corrected chi connectivity index (χ0v) is 20.9. The van der Waals surface area contributed by atoms with Crippen LogP contribution >= 0.6 is 0 Å². The topological polar surface area (TPSA) is 117 Å². The molecule has 5 rings (SSSR count). The average Bonchev–Trinajstić information content (AvgIpc) is 3.28. The van der Waals surface area contributed by atoms with Crippen molar-refractivity contribution < 1.29 is 0 Å². The molecule has 0 spiro atoms. The van der Waals surface area contributed by atoms with Crippen LogP contribution < -0.4 is 21.9 Å². The maximum Gasteiger partial charge on any atom is 0.332 e. The molecular weight excluding hydrogens is 456 g/mol. The molecule has 10 heteroatoms. The lowest BCUT2D eigenvalue weighted by Crippen LogP contribution is -2.44. The SMILES string of the molecule is CC#CCn1c(N2CCC[C@@H](N)C2)nc2c1c(=O)n(Cc1nc(CC)c3ccccc3n1)c(=O)n2C. The number of nitrogens with zero attached hydrogens (tertiary/aromatic N) is 7. The van der Waals surface area contributed by atoms with Crippen LogP contribution in [0, 0.1) is 11.8 Å². The van der Waals surface area contributed by atoms with E-state index in [0.29, 0.717) is 35.9 Å². The second-order valence-electron chi connectivity index (χ2n) is 9.14. The maximum absolute atomic E-state index is 13.8. The van der Waals surface area contributed by atoms with E-state index in [9.17, 15) is 9.59 Å². The van der Waals surface area contributed by atoms with E-state index in [4.69, 9.17) is 10.7 Å². The van der Waals surface area contributed by atoms with Crippen LogP contribution in [0.25, 0.3) is 22.1 Å². The predicted molar refractivity (Wildman–Crippen MR) is 140 cm³/mol. The molecule has 4 aromatic rings. The molecular formula is C26H30N8O2. The maximum atomic E-state index is 13.8. The van der Waals surface area contributed by atoms with Crippen molar-refractivity contribution >= 4 is 28.0 Å². The lowest BCUT2D eigenvalue weighted by Gasteiger charge is -2.31. The van der Waals surface area contributed by atoms with Crippen LogP contribution in [0.15, 0.2) is 33.9 Å². The van der Waals surface area contributed by atoms with Gasteiger partial charge in [0.1, 0.15) is 5.82 Å². The molecule has 1 atom stereocenters. The molecule has 0 bridgehead atoms. The van der Waals surface area contributed by atoms with Gasteiger partial charge in [-0.2, -0.15) is 4.98 Å². The Labute approximate surface area is 208 Å². The summed E-state index contributed by atoms with van der Waals surface area (Å²) in [5, 5.41) is 0.972. The highest BCUT2D eigenvalue weighted by Gasteiger charge is 2.26. The number of anilines is 1. The van der Waals surface area contributed by atoms with Crippen molar-refractivity contribution in [2.24, 2.45) is 12.8 Å². The smallest absolute Gasteiger partial charge is 0.332 e. The van der Waals surface area contributed by atoms with Crippen molar-refractivity contribution in [3.63, 3.8) is 0 Å². The Morgan fingerprint density at radius 2 is 1.94 bits per heavy atom. The highest BCUT2D eigenvalue weighted by atomic mass is 16.2. The van der Waals surface area contributed by atoms with Crippen LogP contribution in [-0.2, 0) is 26.6 Å². The zero-order valence-electron chi connectivity index (χ0n) is 20.9.